The monoisotopic (exact) mass is 693 g/mol. The first kappa shape index (κ1) is 33.9. The number of rotatable bonds is 16. The Morgan fingerprint density at radius 3 is 2.39 bits per heavy atom. The summed E-state index contributed by atoms with van der Waals surface area (Å²) in [5.74, 6) is -1.54. The second-order valence-corrected chi connectivity index (χ2v) is 13.4. The van der Waals surface area contributed by atoms with E-state index in [-0.39, 0.29) is 35.7 Å². The second-order valence-electron chi connectivity index (χ2n) is 12.3. The molecule has 0 aromatic heterocycles. The first-order valence-corrected chi connectivity index (χ1v) is 17.0. The van der Waals surface area contributed by atoms with Gasteiger partial charge < -0.3 is 29.3 Å². The van der Waals surface area contributed by atoms with Crippen LogP contribution in [0.1, 0.15) is 37.7 Å². The maximum Gasteiger partial charge on any atom is 0.253 e. The third-order valence-electron chi connectivity index (χ3n) is 9.45. The minimum atomic E-state index is -1.17. The lowest BCUT2D eigenvalue weighted by atomic mass is 9.70. The molecule has 3 amide bonds. The molecule has 6 atom stereocenters. The van der Waals surface area contributed by atoms with Crippen LogP contribution >= 0.6 is 15.9 Å². The number of carbonyl (C=O) groups is 3. The van der Waals surface area contributed by atoms with Crippen molar-refractivity contribution in [3.63, 3.8) is 0 Å². The van der Waals surface area contributed by atoms with Crippen LogP contribution < -0.4 is 9.64 Å². The van der Waals surface area contributed by atoms with Crippen molar-refractivity contribution in [2.75, 3.05) is 38.3 Å². The highest BCUT2D eigenvalue weighted by Gasteiger charge is 2.76. The lowest BCUT2D eigenvalue weighted by molar-refractivity contribution is -0.145. The van der Waals surface area contributed by atoms with Crippen LogP contribution in [0.25, 0.3) is 0 Å². The topological polar surface area (TPSA) is 99.6 Å². The van der Waals surface area contributed by atoms with Gasteiger partial charge in [-0.25, -0.2) is 0 Å². The number of hydrogen-bond acceptors (Lipinski definition) is 6. The van der Waals surface area contributed by atoms with Crippen LogP contribution in [-0.2, 0) is 25.7 Å². The highest BCUT2D eigenvalue weighted by Crippen LogP contribution is 2.60. The zero-order valence-corrected chi connectivity index (χ0v) is 28.0. The summed E-state index contributed by atoms with van der Waals surface area (Å²) >= 11 is 3.79. The molecule has 3 saturated heterocycles. The van der Waals surface area contributed by atoms with Crippen molar-refractivity contribution in [2.24, 2.45) is 11.8 Å². The van der Waals surface area contributed by atoms with Gasteiger partial charge in [0.25, 0.3) is 5.91 Å². The predicted octanol–water partition coefficient (Wildman–Crippen LogP) is 4.73. The standard InChI is InChI=1S/C36H44BrN3O6/c1-4-19-38(24-25-13-9-8-10-14-25)33(42)29-30-34(43)40(21-11-6-7-12-22-41)32(36(30)23-28(37)31(29)46-36)35(44)39(20-5-2)26-15-17-27(45-3)18-16-26/h4-5,8-10,13-18,28-32,41H,1-2,6-7,11-12,19-24H2,3H3/t28?,29-,30-,31-,32?,36?/m0/s1. The number of likely N-dealkylation sites (tertiary alicyclic amines) is 1. The Morgan fingerprint density at radius 1 is 1.04 bits per heavy atom. The van der Waals surface area contributed by atoms with Crippen LogP contribution in [0.4, 0.5) is 5.69 Å². The Bertz CT molecular complexity index is 1400. The molecule has 3 unspecified atom stereocenters. The maximum absolute atomic E-state index is 14.8. The molecule has 2 aromatic carbocycles. The van der Waals surface area contributed by atoms with E-state index in [0.29, 0.717) is 50.3 Å². The van der Waals surface area contributed by atoms with Crippen LogP contribution in [0.2, 0.25) is 0 Å². The van der Waals surface area contributed by atoms with Crippen LogP contribution in [0.5, 0.6) is 5.75 Å². The van der Waals surface area contributed by atoms with Gasteiger partial charge in [-0.3, -0.25) is 14.4 Å². The molecule has 2 aromatic rings. The van der Waals surface area contributed by atoms with Gasteiger partial charge in [0.15, 0.2) is 0 Å². The number of hydrogen-bond donors (Lipinski definition) is 1. The Balaban J connectivity index is 1.52. The summed E-state index contributed by atoms with van der Waals surface area (Å²) in [6.45, 7) is 9.17. The quantitative estimate of drug-likeness (QED) is 0.155. The molecule has 1 N–H and O–H groups in total. The molecular formula is C36H44BrN3O6. The minimum Gasteiger partial charge on any atom is -0.497 e. The molecule has 0 aliphatic carbocycles. The van der Waals surface area contributed by atoms with E-state index in [0.717, 1.165) is 18.4 Å². The van der Waals surface area contributed by atoms with Crippen LogP contribution in [0, 0.1) is 11.8 Å². The number of methoxy groups -OCH3 is 1. The molecule has 0 saturated carbocycles. The Morgan fingerprint density at radius 2 is 1.74 bits per heavy atom. The first-order valence-electron chi connectivity index (χ1n) is 16.0. The number of aliphatic hydroxyl groups is 1. The second kappa shape index (κ2) is 15.0. The number of benzene rings is 2. The van der Waals surface area contributed by atoms with Crippen molar-refractivity contribution in [3.05, 3.63) is 85.5 Å². The number of unbranched alkanes of at least 4 members (excludes halogenated alkanes) is 3. The van der Waals surface area contributed by atoms with Crippen molar-refractivity contribution in [1.82, 2.24) is 9.80 Å². The van der Waals surface area contributed by atoms with Gasteiger partial charge in [0, 0.05) is 43.3 Å². The molecule has 3 aliphatic heterocycles. The highest BCUT2D eigenvalue weighted by atomic mass is 79.9. The van der Waals surface area contributed by atoms with E-state index in [1.807, 2.05) is 42.5 Å². The minimum absolute atomic E-state index is 0.114. The normalized spacial score (nSPS) is 26.1. The summed E-state index contributed by atoms with van der Waals surface area (Å²) in [5.41, 5.74) is 0.454. The van der Waals surface area contributed by atoms with Gasteiger partial charge in [-0.1, -0.05) is 71.3 Å². The fraction of sp³-hybridized carbons (Fsp3) is 0.472. The predicted molar refractivity (Wildman–Crippen MR) is 181 cm³/mol. The number of ether oxygens (including phenoxy) is 2. The molecule has 3 heterocycles. The zero-order valence-electron chi connectivity index (χ0n) is 26.4. The molecule has 46 heavy (non-hydrogen) atoms. The molecule has 3 fully saturated rings. The maximum atomic E-state index is 14.8. The summed E-state index contributed by atoms with van der Waals surface area (Å²) in [6.07, 6.45) is 6.20. The Labute approximate surface area is 280 Å². The van der Waals surface area contributed by atoms with Gasteiger partial charge in [-0.15, -0.1) is 13.2 Å². The zero-order chi connectivity index (χ0) is 32.8. The van der Waals surface area contributed by atoms with E-state index < -0.39 is 29.6 Å². The van der Waals surface area contributed by atoms with Gasteiger partial charge in [0.05, 0.1) is 25.0 Å². The molecule has 10 heteroatoms. The van der Waals surface area contributed by atoms with E-state index in [1.165, 1.54) is 0 Å². The third kappa shape index (κ3) is 6.39. The van der Waals surface area contributed by atoms with Gasteiger partial charge in [0.2, 0.25) is 11.8 Å². The average molecular weight is 695 g/mol. The van der Waals surface area contributed by atoms with E-state index >= 15 is 0 Å². The third-order valence-corrected chi connectivity index (χ3v) is 10.3. The molecule has 3 aliphatic rings. The van der Waals surface area contributed by atoms with E-state index in [9.17, 15) is 19.5 Å². The van der Waals surface area contributed by atoms with Crippen LogP contribution in [-0.4, -0.2) is 88.6 Å². The molecule has 2 bridgehead atoms. The average Bonchev–Trinajstić information content (AvgIpc) is 3.66. The number of amides is 3. The van der Waals surface area contributed by atoms with E-state index in [4.69, 9.17) is 9.47 Å². The van der Waals surface area contributed by atoms with Crippen molar-refractivity contribution in [2.45, 2.75) is 61.2 Å². The van der Waals surface area contributed by atoms with Gasteiger partial charge in [-0.2, -0.15) is 0 Å². The SMILES string of the molecule is C=CCN(Cc1ccccc1)C(=O)[C@H]1[C@H]2C(=O)N(CCCCCCO)C(C(=O)N(CC=C)c3ccc(OC)cc3)C23CC(Br)[C@@H]1O3. The van der Waals surface area contributed by atoms with Crippen molar-refractivity contribution < 1.29 is 29.0 Å². The summed E-state index contributed by atoms with van der Waals surface area (Å²) in [7, 11) is 1.59. The number of fused-ring (bicyclic) bond motifs is 1. The van der Waals surface area contributed by atoms with Crippen molar-refractivity contribution in [1.29, 1.82) is 0 Å². The number of carbonyl (C=O) groups excluding carboxylic acids is 3. The number of alkyl halides is 1. The Kier molecular flexibility index (Phi) is 11.0. The highest BCUT2D eigenvalue weighted by molar-refractivity contribution is 9.09. The fourth-order valence-corrected chi connectivity index (χ4v) is 8.39. The Hall–Kier alpha value is -3.47. The van der Waals surface area contributed by atoms with Gasteiger partial charge in [-0.05, 0) is 49.1 Å². The van der Waals surface area contributed by atoms with Crippen molar-refractivity contribution >= 4 is 39.3 Å². The smallest absolute Gasteiger partial charge is 0.253 e. The van der Waals surface area contributed by atoms with E-state index in [1.54, 1.807) is 46.1 Å². The lowest BCUT2D eigenvalue weighted by Crippen LogP contribution is -2.57. The summed E-state index contributed by atoms with van der Waals surface area (Å²) in [4.78, 5) is 48.6. The van der Waals surface area contributed by atoms with E-state index in [2.05, 4.69) is 29.1 Å². The molecule has 9 nitrogen and oxygen atoms in total. The fourth-order valence-electron chi connectivity index (χ4n) is 7.44. The molecule has 0 radical (unpaired) electrons. The summed E-state index contributed by atoms with van der Waals surface area (Å²) < 4.78 is 12.1. The summed E-state index contributed by atoms with van der Waals surface area (Å²) in [5, 5.41) is 9.25. The molecular weight excluding hydrogens is 650 g/mol. The number of halogens is 1. The lowest BCUT2D eigenvalue weighted by Gasteiger charge is -2.37. The first-order chi connectivity index (χ1) is 22.3. The molecule has 5 rings (SSSR count). The van der Waals surface area contributed by atoms with Gasteiger partial charge in [0.1, 0.15) is 17.4 Å². The molecule has 1 spiro atoms. The largest absolute Gasteiger partial charge is 0.497 e. The van der Waals surface area contributed by atoms with Crippen LogP contribution in [0.15, 0.2) is 79.9 Å². The summed E-state index contributed by atoms with van der Waals surface area (Å²) in [6, 6.07) is 16.0. The van der Waals surface area contributed by atoms with Crippen molar-refractivity contribution in [3.8, 4) is 5.75 Å². The number of aliphatic hydroxyl groups excluding tert-OH is 1. The molecule has 246 valence electrons. The number of anilines is 1. The number of nitrogens with zero attached hydrogens (tertiary/aromatic N) is 3. The van der Waals surface area contributed by atoms with Gasteiger partial charge >= 0.3 is 0 Å². The van der Waals surface area contributed by atoms with Crippen LogP contribution in [0.3, 0.4) is 0 Å².